The Morgan fingerprint density at radius 1 is 1.43 bits per heavy atom. The molecule has 1 atom stereocenters. The fourth-order valence-electron chi connectivity index (χ4n) is 0.884. The Balaban J connectivity index is 4.47. The fraction of sp³-hybridized carbons (Fsp3) is 0.636. The molecule has 0 heterocycles. The minimum atomic E-state index is -0.820. The second-order valence-corrected chi connectivity index (χ2v) is 4.10. The second-order valence-electron chi connectivity index (χ2n) is 4.10. The van der Waals surface area contributed by atoms with Crippen molar-refractivity contribution in [2.75, 3.05) is 0 Å². The maximum Gasteiger partial charge on any atom is 0.317 e. The van der Waals surface area contributed by atoms with Crippen LogP contribution in [0.1, 0.15) is 34.1 Å². The molecule has 0 aliphatic carbocycles. The number of hydrogen-bond acceptors (Lipinski definition) is 3. The summed E-state index contributed by atoms with van der Waals surface area (Å²) in [5.41, 5.74) is -0.584. The van der Waals surface area contributed by atoms with Gasteiger partial charge in [-0.25, -0.2) is 0 Å². The van der Waals surface area contributed by atoms with Gasteiger partial charge in [0.1, 0.15) is 17.3 Å². The Morgan fingerprint density at radius 2 is 1.93 bits per heavy atom. The Bertz CT molecular complexity index is 265. The van der Waals surface area contributed by atoms with Crippen LogP contribution in [-0.4, -0.2) is 17.4 Å². The topological polar surface area (TPSA) is 43.4 Å². The molecule has 0 rings (SSSR count). The molecule has 1 unspecified atom stereocenters. The second kappa shape index (κ2) is 4.80. The van der Waals surface area contributed by atoms with Crippen molar-refractivity contribution in [2.45, 2.75) is 39.7 Å². The molecule has 0 aliphatic rings. The highest BCUT2D eigenvalue weighted by molar-refractivity contribution is 5.98. The standard InChI is InChI=1S/C11H16O3/c1-6-7-9(8(2)12)10(13)14-11(3,4)5/h1,9H,7H2,2-5H3. The number of ether oxygens (including phenoxy) is 1. The normalized spacial score (nSPS) is 12.8. The van der Waals surface area contributed by atoms with Gasteiger partial charge in [-0.3, -0.25) is 9.59 Å². The lowest BCUT2D eigenvalue weighted by molar-refractivity contribution is -0.161. The van der Waals surface area contributed by atoms with Crippen LogP contribution in [0.25, 0.3) is 0 Å². The van der Waals surface area contributed by atoms with Crippen LogP contribution < -0.4 is 0 Å². The van der Waals surface area contributed by atoms with Gasteiger partial charge < -0.3 is 4.74 Å². The first-order valence-electron chi connectivity index (χ1n) is 4.44. The molecule has 0 bridgehead atoms. The SMILES string of the molecule is C#CCC(C(C)=O)C(=O)OC(C)(C)C. The summed E-state index contributed by atoms with van der Waals surface area (Å²) in [7, 11) is 0. The summed E-state index contributed by atoms with van der Waals surface area (Å²) < 4.78 is 5.06. The summed E-state index contributed by atoms with van der Waals surface area (Å²) in [6, 6.07) is 0. The highest BCUT2D eigenvalue weighted by Gasteiger charge is 2.27. The lowest BCUT2D eigenvalue weighted by Gasteiger charge is -2.21. The number of esters is 1. The number of hydrogen-bond donors (Lipinski definition) is 0. The fourth-order valence-corrected chi connectivity index (χ4v) is 0.884. The Kier molecular flexibility index (Phi) is 4.36. The molecular formula is C11H16O3. The summed E-state index contributed by atoms with van der Waals surface area (Å²) >= 11 is 0. The molecule has 0 amide bonds. The number of ketones is 1. The van der Waals surface area contributed by atoms with E-state index in [-0.39, 0.29) is 12.2 Å². The predicted molar refractivity (Wildman–Crippen MR) is 53.5 cm³/mol. The van der Waals surface area contributed by atoms with Crippen LogP contribution in [0.2, 0.25) is 0 Å². The van der Waals surface area contributed by atoms with E-state index in [1.807, 2.05) is 0 Å². The van der Waals surface area contributed by atoms with Gasteiger partial charge in [0.05, 0.1) is 0 Å². The Hall–Kier alpha value is -1.30. The van der Waals surface area contributed by atoms with Crippen LogP contribution in [0, 0.1) is 18.3 Å². The van der Waals surface area contributed by atoms with E-state index in [2.05, 4.69) is 5.92 Å². The van der Waals surface area contributed by atoms with Crippen molar-refractivity contribution < 1.29 is 14.3 Å². The maximum atomic E-state index is 11.5. The van der Waals surface area contributed by atoms with Gasteiger partial charge in [0.2, 0.25) is 0 Å². The average Bonchev–Trinajstić information content (AvgIpc) is 1.95. The third kappa shape index (κ3) is 4.66. The molecule has 78 valence electrons. The number of carbonyl (C=O) groups excluding carboxylic acids is 2. The molecule has 0 aliphatic heterocycles. The van der Waals surface area contributed by atoms with Crippen LogP contribution in [0.3, 0.4) is 0 Å². The molecule has 3 nitrogen and oxygen atoms in total. The van der Waals surface area contributed by atoms with Crippen molar-refractivity contribution in [3.8, 4) is 12.3 Å². The Morgan fingerprint density at radius 3 is 2.21 bits per heavy atom. The zero-order valence-corrected chi connectivity index (χ0v) is 9.09. The van der Waals surface area contributed by atoms with Crippen molar-refractivity contribution >= 4 is 11.8 Å². The summed E-state index contributed by atoms with van der Waals surface area (Å²) in [6.45, 7) is 6.58. The van der Waals surface area contributed by atoms with Crippen LogP contribution >= 0.6 is 0 Å². The molecule has 0 aromatic carbocycles. The van der Waals surface area contributed by atoms with Gasteiger partial charge in [0.25, 0.3) is 0 Å². The van der Waals surface area contributed by atoms with Crippen molar-refractivity contribution in [2.24, 2.45) is 5.92 Å². The molecule has 0 N–H and O–H groups in total. The lowest BCUT2D eigenvalue weighted by Crippen LogP contribution is -2.31. The van der Waals surface area contributed by atoms with E-state index in [1.165, 1.54) is 6.92 Å². The number of rotatable bonds is 3. The van der Waals surface area contributed by atoms with E-state index in [0.717, 1.165) is 0 Å². The summed E-state index contributed by atoms with van der Waals surface area (Å²) in [4.78, 5) is 22.5. The highest BCUT2D eigenvalue weighted by Crippen LogP contribution is 2.14. The average molecular weight is 196 g/mol. The molecule has 3 heteroatoms. The third-order valence-corrected chi connectivity index (χ3v) is 1.50. The molecular weight excluding hydrogens is 180 g/mol. The van der Waals surface area contributed by atoms with Crippen molar-refractivity contribution in [3.05, 3.63) is 0 Å². The molecule has 0 saturated heterocycles. The smallest absolute Gasteiger partial charge is 0.317 e. The first kappa shape index (κ1) is 12.7. The van der Waals surface area contributed by atoms with Crippen LogP contribution in [0.15, 0.2) is 0 Å². The summed E-state index contributed by atoms with van der Waals surface area (Å²) in [6.07, 6.45) is 5.16. The molecule has 0 radical (unpaired) electrons. The van der Waals surface area contributed by atoms with Crippen molar-refractivity contribution in [1.82, 2.24) is 0 Å². The molecule has 0 fully saturated rings. The van der Waals surface area contributed by atoms with Crippen LogP contribution in [0.5, 0.6) is 0 Å². The van der Waals surface area contributed by atoms with E-state index in [1.54, 1.807) is 20.8 Å². The number of Topliss-reactive ketones (excluding diaryl/α,β-unsaturated/α-hetero) is 1. The van der Waals surface area contributed by atoms with Gasteiger partial charge in [-0.05, 0) is 27.7 Å². The lowest BCUT2D eigenvalue weighted by atomic mass is 10.0. The summed E-state index contributed by atoms with van der Waals surface area (Å²) in [5, 5.41) is 0. The molecule has 14 heavy (non-hydrogen) atoms. The number of carbonyl (C=O) groups is 2. The van der Waals surface area contributed by atoms with Crippen molar-refractivity contribution in [3.63, 3.8) is 0 Å². The third-order valence-electron chi connectivity index (χ3n) is 1.50. The first-order chi connectivity index (χ1) is 6.28. The quantitative estimate of drug-likeness (QED) is 0.391. The van der Waals surface area contributed by atoms with Crippen LogP contribution in [-0.2, 0) is 14.3 Å². The van der Waals surface area contributed by atoms with Gasteiger partial charge >= 0.3 is 5.97 Å². The highest BCUT2D eigenvalue weighted by atomic mass is 16.6. The van der Waals surface area contributed by atoms with Crippen LogP contribution in [0.4, 0.5) is 0 Å². The minimum Gasteiger partial charge on any atom is -0.459 e. The van der Waals surface area contributed by atoms with E-state index >= 15 is 0 Å². The molecule has 0 aromatic rings. The molecule has 0 spiro atoms. The summed E-state index contributed by atoms with van der Waals surface area (Å²) in [5.74, 6) is 0.682. The first-order valence-corrected chi connectivity index (χ1v) is 4.44. The zero-order chi connectivity index (χ0) is 11.4. The van der Waals surface area contributed by atoms with E-state index in [0.29, 0.717) is 0 Å². The monoisotopic (exact) mass is 196 g/mol. The van der Waals surface area contributed by atoms with Gasteiger partial charge in [-0.2, -0.15) is 0 Å². The molecule has 0 saturated carbocycles. The Labute approximate surface area is 84.8 Å². The van der Waals surface area contributed by atoms with Gasteiger partial charge in [0.15, 0.2) is 0 Å². The van der Waals surface area contributed by atoms with Gasteiger partial charge in [-0.15, -0.1) is 12.3 Å². The maximum absolute atomic E-state index is 11.5. The predicted octanol–water partition coefficient (Wildman–Crippen LogP) is 1.56. The van der Waals surface area contributed by atoms with Gasteiger partial charge in [0, 0.05) is 6.42 Å². The largest absolute Gasteiger partial charge is 0.459 e. The van der Waals surface area contributed by atoms with E-state index in [9.17, 15) is 9.59 Å². The number of terminal acetylenes is 1. The zero-order valence-electron chi connectivity index (χ0n) is 9.09. The van der Waals surface area contributed by atoms with E-state index < -0.39 is 17.5 Å². The molecule has 0 aromatic heterocycles. The van der Waals surface area contributed by atoms with Crippen molar-refractivity contribution in [1.29, 1.82) is 0 Å². The minimum absolute atomic E-state index is 0.101. The van der Waals surface area contributed by atoms with Gasteiger partial charge in [-0.1, -0.05) is 0 Å². The van der Waals surface area contributed by atoms with E-state index in [4.69, 9.17) is 11.2 Å².